The van der Waals surface area contributed by atoms with E-state index in [0.717, 1.165) is 37.0 Å². The summed E-state index contributed by atoms with van der Waals surface area (Å²) >= 11 is 0. The second-order valence-corrected chi connectivity index (χ2v) is 10.8. The van der Waals surface area contributed by atoms with Gasteiger partial charge >= 0.3 is 0 Å². The first-order valence-corrected chi connectivity index (χ1v) is 11.2. The molecule has 0 spiro atoms. The Morgan fingerprint density at radius 1 is 0.920 bits per heavy atom. The second-order valence-electron chi connectivity index (χ2n) is 10.8. The van der Waals surface area contributed by atoms with Gasteiger partial charge in [-0.25, -0.2) is 0 Å². The number of fused-ring (bicyclic) bond motifs is 5. The lowest BCUT2D eigenvalue weighted by molar-refractivity contribution is -0.174. The Morgan fingerprint density at radius 2 is 1.60 bits per heavy atom. The predicted octanol–water partition coefficient (Wildman–Crippen LogP) is 5.02. The van der Waals surface area contributed by atoms with E-state index in [2.05, 4.69) is 27.7 Å². The number of rotatable bonds is 2. The summed E-state index contributed by atoms with van der Waals surface area (Å²) in [5, 5.41) is 21.4. The topological polar surface area (TPSA) is 40.5 Å². The van der Waals surface area contributed by atoms with Gasteiger partial charge in [0, 0.05) is 0 Å². The average molecular weight is 349 g/mol. The van der Waals surface area contributed by atoms with Gasteiger partial charge in [0.25, 0.3) is 0 Å². The van der Waals surface area contributed by atoms with Gasteiger partial charge in [-0.3, -0.25) is 0 Å². The van der Waals surface area contributed by atoms with Gasteiger partial charge in [0.15, 0.2) is 0 Å². The smallest absolute Gasteiger partial charge is 0.0577 e. The molecule has 0 aliphatic heterocycles. The molecule has 4 aliphatic carbocycles. The third-order valence-corrected chi connectivity index (χ3v) is 10.1. The molecule has 0 radical (unpaired) electrons. The molecule has 0 aromatic heterocycles. The van der Waals surface area contributed by atoms with Gasteiger partial charge in [0.1, 0.15) is 0 Å². The van der Waals surface area contributed by atoms with Crippen LogP contribution in [0.25, 0.3) is 0 Å². The Kier molecular flexibility index (Phi) is 4.56. The number of aliphatic hydroxyl groups is 2. The quantitative estimate of drug-likeness (QED) is 0.735. The van der Waals surface area contributed by atoms with E-state index < -0.39 is 0 Å². The number of hydrogen-bond acceptors (Lipinski definition) is 2. The standard InChI is InChI=1S/C23H40O2/c1-5-14(2)17-6-7-18-21-19(9-11-23(17,18)4)22(3)10-8-16(24)12-15(22)13-20(21)25/h14-21,24-25H,5-13H2,1-4H3/t14-,15+,16-,17-,18+,19+,20-,21+,22+,23-/m1/s1. The molecule has 0 aromatic rings. The van der Waals surface area contributed by atoms with Crippen LogP contribution in [-0.2, 0) is 0 Å². The van der Waals surface area contributed by atoms with Gasteiger partial charge in [-0.1, -0.05) is 34.1 Å². The Morgan fingerprint density at radius 3 is 2.32 bits per heavy atom. The Labute approximate surface area is 154 Å². The molecule has 2 heteroatoms. The molecule has 0 heterocycles. The predicted molar refractivity (Wildman–Crippen MR) is 102 cm³/mol. The van der Waals surface area contributed by atoms with Crippen LogP contribution in [0.2, 0.25) is 0 Å². The Bertz CT molecular complexity index is 504. The molecule has 10 atom stereocenters. The van der Waals surface area contributed by atoms with E-state index >= 15 is 0 Å². The molecule has 25 heavy (non-hydrogen) atoms. The molecule has 2 N–H and O–H groups in total. The van der Waals surface area contributed by atoms with Crippen LogP contribution in [0.15, 0.2) is 0 Å². The first-order valence-electron chi connectivity index (χ1n) is 11.2. The molecule has 0 saturated heterocycles. The summed E-state index contributed by atoms with van der Waals surface area (Å²) in [4.78, 5) is 0. The van der Waals surface area contributed by atoms with Crippen molar-refractivity contribution in [1.82, 2.24) is 0 Å². The van der Waals surface area contributed by atoms with Crippen LogP contribution < -0.4 is 0 Å². The molecule has 4 saturated carbocycles. The average Bonchev–Trinajstić information content (AvgIpc) is 2.93. The van der Waals surface area contributed by atoms with E-state index in [9.17, 15) is 10.2 Å². The van der Waals surface area contributed by atoms with Gasteiger partial charge in [-0.2, -0.15) is 0 Å². The highest BCUT2D eigenvalue weighted by atomic mass is 16.3. The van der Waals surface area contributed by atoms with Crippen molar-refractivity contribution >= 4 is 0 Å². The highest BCUT2D eigenvalue weighted by molar-refractivity contribution is 5.11. The minimum Gasteiger partial charge on any atom is -0.393 e. The first kappa shape index (κ1) is 18.3. The van der Waals surface area contributed by atoms with Crippen LogP contribution in [0.3, 0.4) is 0 Å². The van der Waals surface area contributed by atoms with Crippen molar-refractivity contribution < 1.29 is 10.2 Å². The molecular weight excluding hydrogens is 308 g/mol. The maximum atomic E-state index is 11.2. The van der Waals surface area contributed by atoms with Crippen molar-refractivity contribution in [3.8, 4) is 0 Å². The molecule has 4 rings (SSSR count). The molecule has 4 aliphatic rings. The largest absolute Gasteiger partial charge is 0.393 e. The van der Waals surface area contributed by atoms with Crippen molar-refractivity contribution in [2.45, 2.75) is 97.7 Å². The highest BCUT2D eigenvalue weighted by Crippen LogP contribution is 2.68. The van der Waals surface area contributed by atoms with Crippen LogP contribution in [-0.4, -0.2) is 22.4 Å². The third kappa shape index (κ3) is 2.57. The first-order chi connectivity index (χ1) is 11.8. The van der Waals surface area contributed by atoms with Gasteiger partial charge in [-0.05, 0) is 97.7 Å². The summed E-state index contributed by atoms with van der Waals surface area (Å²) < 4.78 is 0. The third-order valence-electron chi connectivity index (χ3n) is 10.1. The van der Waals surface area contributed by atoms with Crippen LogP contribution in [0.5, 0.6) is 0 Å². The fourth-order valence-corrected chi connectivity index (χ4v) is 8.46. The zero-order chi connectivity index (χ0) is 18.0. The van der Waals surface area contributed by atoms with E-state index in [0.29, 0.717) is 28.6 Å². The van der Waals surface area contributed by atoms with Gasteiger partial charge < -0.3 is 10.2 Å². The molecule has 0 aromatic carbocycles. The van der Waals surface area contributed by atoms with Crippen LogP contribution in [0.1, 0.15) is 85.5 Å². The molecule has 144 valence electrons. The molecule has 0 bridgehead atoms. The lowest BCUT2D eigenvalue weighted by atomic mass is 9.43. The molecule has 0 unspecified atom stereocenters. The fourth-order valence-electron chi connectivity index (χ4n) is 8.46. The minimum absolute atomic E-state index is 0.128. The normalized spacial score (nSPS) is 56.6. The highest BCUT2D eigenvalue weighted by Gasteiger charge is 2.62. The summed E-state index contributed by atoms with van der Waals surface area (Å²) in [6.07, 6.45) is 10.4. The van der Waals surface area contributed by atoms with Crippen molar-refractivity contribution in [3.63, 3.8) is 0 Å². The fraction of sp³-hybridized carbons (Fsp3) is 1.00. The summed E-state index contributed by atoms with van der Waals surface area (Å²) in [6, 6.07) is 0. The number of hydrogen-bond donors (Lipinski definition) is 2. The van der Waals surface area contributed by atoms with Crippen molar-refractivity contribution in [3.05, 3.63) is 0 Å². The zero-order valence-electron chi connectivity index (χ0n) is 16.9. The summed E-state index contributed by atoms with van der Waals surface area (Å²) in [5.74, 6) is 4.13. The van der Waals surface area contributed by atoms with E-state index in [-0.39, 0.29) is 12.2 Å². The summed E-state index contributed by atoms with van der Waals surface area (Å²) in [7, 11) is 0. The van der Waals surface area contributed by atoms with Crippen LogP contribution >= 0.6 is 0 Å². The maximum Gasteiger partial charge on any atom is 0.0577 e. The number of aliphatic hydroxyl groups excluding tert-OH is 2. The van der Waals surface area contributed by atoms with Gasteiger partial charge in [0.2, 0.25) is 0 Å². The van der Waals surface area contributed by atoms with Gasteiger partial charge in [-0.15, -0.1) is 0 Å². The Balaban J connectivity index is 1.63. The molecular formula is C23H40O2. The maximum absolute atomic E-state index is 11.2. The minimum atomic E-state index is -0.131. The van der Waals surface area contributed by atoms with Crippen molar-refractivity contribution in [2.75, 3.05) is 0 Å². The second kappa shape index (κ2) is 6.23. The van der Waals surface area contributed by atoms with E-state index in [4.69, 9.17) is 0 Å². The summed E-state index contributed by atoms with van der Waals surface area (Å²) in [6.45, 7) is 9.89. The molecule has 0 amide bonds. The van der Waals surface area contributed by atoms with Crippen LogP contribution in [0, 0.1) is 46.3 Å². The van der Waals surface area contributed by atoms with E-state index in [1.54, 1.807) is 0 Å². The van der Waals surface area contributed by atoms with Crippen molar-refractivity contribution in [2.24, 2.45) is 46.3 Å². The summed E-state index contributed by atoms with van der Waals surface area (Å²) in [5.41, 5.74) is 0.813. The SMILES string of the molecule is CC[C@@H](C)[C@H]1CC[C@H]2[C@@H]3[C@H](O)C[C@@H]4C[C@H](O)CC[C@]4(C)[C@H]3CC[C@]12C. The van der Waals surface area contributed by atoms with Crippen LogP contribution in [0.4, 0.5) is 0 Å². The van der Waals surface area contributed by atoms with Gasteiger partial charge in [0.05, 0.1) is 12.2 Å². The zero-order valence-corrected chi connectivity index (χ0v) is 16.9. The monoisotopic (exact) mass is 348 g/mol. The van der Waals surface area contributed by atoms with E-state index in [1.165, 1.54) is 38.5 Å². The van der Waals surface area contributed by atoms with E-state index in [1.807, 2.05) is 0 Å². The Hall–Kier alpha value is -0.0800. The molecule has 4 fully saturated rings. The van der Waals surface area contributed by atoms with Crippen molar-refractivity contribution in [1.29, 1.82) is 0 Å². The lowest BCUT2D eigenvalue weighted by Gasteiger charge is -2.62. The lowest BCUT2D eigenvalue weighted by Crippen LogP contribution is -2.58. The molecule has 2 nitrogen and oxygen atoms in total.